The van der Waals surface area contributed by atoms with E-state index >= 15 is 0 Å². The molecule has 2 rings (SSSR count). The van der Waals surface area contributed by atoms with Gasteiger partial charge >= 0.3 is 5.97 Å². The van der Waals surface area contributed by atoms with Crippen molar-refractivity contribution < 1.29 is 19.4 Å². The average molecular weight is 366 g/mol. The molecule has 1 heterocycles. The van der Waals surface area contributed by atoms with Crippen molar-refractivity contribution in [2.24, 2.45) is 0 Å². The summed E-state index contributed by atoms with van der Waals surface area (Å²) < 4.78 is 6.82. The summed E-state index contributed by atoms with van der Waals surface area (Å²) in [6, 6.07) is 7.14. The number of carboxylic acid groups (broad SMARTS) is 1. The maximum atomic E-state index is 11.9. The van der Waals surface area contributed by atoms with Crippen LogP contribution in [0.25, 0.3) is 0 Å². The second-order valence-corrected chi connectivity index (χ2v) is 6.38. The van der Waals surface area contributed by atoms with Gasteiger partial charge in [0, 0.05) is 12.6 Å². The van der Waals surface area contributed by atoms with Crippen LogP contribution in [-0.4, -0.2) is 33.4 Å². The number of halogens is 1. The molecule has 0 spiro atoms. The highest BCUT2D eigenvalue weighted by molar-refractivity contribution is 6.32. The Morgan fingerprint density at radius 2 is 2.08 bits per heavy atom. The number of hydrogen-bond acceptors (Lipinski definition) is 4. The van der Waals surface area contributed by atoms with Crippen LogP contribution in [0.2, 0.25) is 5.02 Å². The molecule has 0 unspecified atom stereocenters. The van der Waals surface area contributed by atoms with Crippen LogP contribution in [-0.2, 0) is 15.1 Å². The molecule has 0 saturated carbocycles. The van der Waals surface area contributed by atoms with Crippen LogP contribution < -0.4 is 10.1 Å². The lowest BCUT2D eigenvalue weighted by atomic mass is 10.1. The molecule has 0 radical (unpaired) electrons. The second kappa shape index (κ2) is 8.02. The number of aliphatic carboxylic acids is 1. The number of hydrogen-bond donors (Lipinski definition) is 2. The smallest absolute Gasteiger partial charge is 0.331 e. The first-order valence-corrected chi connectivity index (χ1v) is 8.14. The van der Waals surface area contributed by atoms with E-state index in [1.807, 2.05) is 12.1 Å². The van der Waals surface area contributed by atoms with Gasteiger partial charge in [-0.05, 0) is 32.4 Å². The quantitative estimate of drug-likeness (QED) is 0.701. The zero-order valence-electron chi connectivity index (χ0n) is 14.0. The van der Waals surface area contributed by atoms with Gasteiger partial charge in [-0.2, -0.15) is 5.10 Å². The minimum Gasteiger partial charge on any atom is -0.492 e. The number of carbonyl (C=O) groups is 2. The molecule has 1 aromatic heterocycles. The van der Waals surface area contributed by atoms with Crippen molar-refractivity contribution >= 4 is 29.2 Å². The van der Waals surface area contributed by atoms with Crippen molar-refractivity contribution in [3.05, 3.63) is 41.7 Å². The first kappa shape index (κ1) is 18.8. The van der Waals surface area contributed by atoms with Crippen LogP contribution in [0, 0.1) is 0 Å². The molecule has 7 nitrogen and oxygen atoms in total. The summed E-state index contributed by atoms with van der Waals surface area (Å²) in [7, 11) is 0. The Bertz CT molecular complexity index is 758. The number of aromatic nitrogens is 2. The molecule has 0 fully saturated rings. The van der Waals surface area contributed by atoms with Gasteiger partial charge in [-0.3, -0.25) is 9.48 Å². The molecular formula is C17H20ClN3O4. The van der Waals surface area contributed by atoms with E-state index < -0.39 is 11.5 Å². The lowest BCUT2D eigenvalue weighted by molar-refractivity contribution is -0.146. The molecule has 2 aromatic rings. The summed E-state index contributed by atoms with van der Waals surface area (Å²) in [6.45, 7) is 3.42. The minimum atomic E-state index is -1.19. The summed E-state index contributed by atoms with van der Waals surface area (Å²) in [5.41, 5.74) is -0.738. The molecule has 1 amide bonds. The van der Waals surface area contributed by atoms with Crippen molar-refractivity contribution in [3.8, 4) is 5.75 Å². The van der Waals surface area contributed by atoms with Crippen LogP contribution in [0.1, 0.15) is 26.7 Å². The van der Waals surface area contributed by atoms with Gasteiger partial charge in [0.05, 0.1) is 23.5 Å². The summed E-state index contributed by atoms with van der Waals surface area (Å²) in [5.74, 6) is -0.623. The first-order chi connectivity index (χ1) is 11.8. The number of para-hydroxylation sites is 1. The van der Waals surface area contributed by atoms with E-state index in [0.29, 0.717) is 29.5 Å². The molecule has 8 heteroatoms. The summed E-state index contributed by atoms with van der Waals surface area (Å²) in [5, 5.41) is 16.4. The third-order valence-corrected chi connectivity index (χ3v) is 3.92. The van der Waals surface area contributed by atoms with Crippen molar-refractivity contribution in [1.82, 2.24) is 9.78 Å². The fourth-order valence-corrected chi connectivity index (χ4v) is 2.18. The number of benzene rings is 1. The van der Waals surface area contributed by atoms with E-state index in [0.717, 1.165) is 0 Å². The second-order valence-electron chi connectivity index (χ2n) is 5.97. The van der Waals surface area contributed by atoms with Crippen LogP contribution >= 0.6 is 11.6 Å². The van der Waals surface area contributed by atoms with Crippen molar-refractivity contribution in [3.63, 3.8) is 0 Å². The molecule has 134 valence electrons. The number of carbonyl (C=O) groups excluding carboxylic acids is 1. The highest BCUT2D eigenvalue weighted by Gasteiger charge is 2.30. The number of ether oxygens (including phenoxy) is 1. The molecule has 0 bridgehead atoms. The lowest BCUT2D eigenvalue weighted by Crippen LogP contribution is -2.35. The van der Waals surface area contributed by atoms with Gasteiger partial charge in [0.1, 0.15) is 5.75 Å². The third-order valence-electron chi connectivity index (χ3n) is 3.60. The first-order valence-electron chi connectivity index (χ1n) is 7.76. The molecule has 0 atom stereocenters. The van der Waals surface area contributed by atoms with E-state index in [-0.39, 0.29) is 12.3 Å². The van der Waals surface area contributed by atoms with E-state index in [4.69, 9.17) is 16.3 Å². The minimum absolute atomic E-state index is 0.199. The van der Waals surface area contributed by atoms with Gasteiger partial charge in [0.25, 0.3) is 0 Å². The predicted octanol–water partition coefficient (Wildman–Crippen LogP) is 3.15. The fraction of sp³-hybridized carbons (Fsp3) is 0.353. The maximum absolute atomic E-state index is 11.9. The van der Waals surface area contributed by atoms with E-state index in [1.54, 1.807) is 12.1 Å². The Balaban J connectivity index is 1.78. The average Bonchev–Trinajstić information content (AvgIpc) is 3.02. The Morgan fingerprint density at radius 3 is 2.76 bits per heavy atom. The zero-order valence-corrected chi connectivity index (χ0v) is 14.8. The number of amides is 1. The number of carboxylic acids is 1. The summed E-state index contributed by atoms with van der Waals surface area (Å²) in [4.78, 5) is 23.1. The summed E-state index contributed by atoms with van der Waals surface area (Å²) >= 11 is 5.98. The molecule has 0 aliphatic heterocycles. The predicted molar refractivity (Wildman–Crippen MR) is 94.0 cm³/mol. The molecule has 1 aromatic carbocycles. The fourth-order valence-electron chi connectivity index (χ4n) is 1.99. The summed E-state index contributed by atoms with van der Waals surface area (Å²) in [6.07, 6.45) is 3.69. The van der Waals surface area contributed by atoms with Gasteiger partial charge in [0.2, 0.25) is 5.91 Å². The topological polar surface area (TPSA) is 93.5 Å². The Hall–Kier alpha value is -2.54. The number of nitrogens with zero attached hydrogens (tertiary/aromatic N) is 2. The molecular weight excluding hydrogens is 346 g/mol. The van der Waals surface area contributed by atoms with Crippen molar-refractivity contribution in [2.75, 3.05) is 11.9 Å². The number of rotatable bonds is 8. The Labute approximate surface area is 150 Å². The van der Waals surface area contributed by atoms with Gasteiger partial charge in [-0.15, -0.1) is 0 Å². The standard InChI is InChI=1S/C17H20ClN3O4/c1-17(2,16(23)24)21-11-12(10-19-21)20-15(22)8-5-9-25-14-7-4-3-6-13(14)18/h3-4,6-7,10-11H,5,8-9H2,1-2H3,(H,20,22)(H,23,24). The van der Waals surface area contributed by atoms with Crippen molar-refractivity contribution in [2.45, 2.75) is 32.2 Å². The van der Waals surface area contributed by atoms with E-state index in [1.165, 1.54) is 30.9 Å². The van der Waals surface area contributed by atoms with Crippen molar-refractivity contribution in [1.29, 1.82) is 0 Å². The van der Waals surface area contributed by atoms with Crippen LogP contribution in [0.3, 0.4) is 0 Å². The SMILES string of the molecule is CC(C)(C(=O)O)n1cc(NC(=O)CCCOc2ccccc2Cl)cn1. The lowest BCUT2D eigenvalue weighted by Gasteiger charge is -2.19. The number of nitrogens with one attached hydrogen (secondary N) is 1. The Morgan fingerprint density at radius 1 is 1.36 bits per heavy atom. The van der Waals surface area contributed by atoms with Crippen LogP contribution in [0.5, 0.6) is 5.75 Å². The van der Waals surface area contributed by atoms with Gasteiger partial charge < -0.3 is 15.2 Å². The Kier molecular flexibility index (Phi) is 6.03. The highest BCUT2D eigenvalue weighted by atomic mass is 35.5. The largest absolute Gasteiger partial charge is 0.492 e. The van der Waals surface area contributed by atoms with Gasteiger partial charge in [-0.1, -0.05) is 23.7 Å². The molecule has 2 N–H and O–H groups in total. The molecule has 0 saturated heterocycles. The molecule has 0 aliphatic rings. The maximum Gasteiger partial charge on any atom is 0.331 e. The van der Waals surface area contributed by atoms with E-state index in [9.17, 15) is 14.7 Å². The van der Waals surface area contributed by atoms with Crippen LogP contribution in [0.4, 0.5) is 5.69 Å². The zero-order chi connectivity index (χ0) is 18.4. The van der Waals surface area contributed by atoms with Gasteiger partial charge in [0.15, 0.2) is 5.54 Å². The van der Waals surface area contributed by atoms with Gasteiger partial charge in [-0.25, -0.2) is 4.79 Å². The normalized spacial score (nSPS) is 11.2. The number of anilines is 1. The third kappa shape index (κ3) is 4.96. The van der Waals surface area contributed by atoms with Crippen LogP contribution in [0.15, 0.2) is 36.7 Å². The molecule has 0 aliphatic carbocycles. The highest BCUT2D eigenvalue weighted by Crippen LogP contribution is 2.23. The molecule has 25 heavy (non-hydrogen) atoms. The monoisotopic (exact) mass is 365 g/mol. The van der Waals surface area contributed by atoms with E-state index in [2.05, 4.69) is 10.4 Å².